The van der Waals surface area contributed by atoms with Gasteiger partial charge < -0.3 is 25.0 Å². The molecular weight excluding hydrogens is 360 g/mol. The zero-order chi connectivity index (χ0) is 19.1. The lowest BCUT2D eigenvalue weighted by Gasteiger charge is -2.48. The number of hydrogen-bond acceptors (Lipinski definition) is 6. The number of hydrogen-bond donors (Lipinski definition) is 3. The lowest BCUT2D eigenvalue weighted by Crippen LogP contribution is -2.59. The van der Waals surface area contributed by atoms with E-state index in [2.05, 4.69) is 0 Å². The number of rotatable bonds is 4. The topological polar surface area (TPSA) is 93.5 Å². The van der Waals surface area contributed by atoms with Gasteiger partial charge in [-0.25, -0.2) is 0 Å². The number of piperazine rings is 1. The van der Waals surface area contributed by atoms with E-state index in [0.29, 0.717) is 29.4 Å². The average Bonchev–Trinajstić information content (AvgIpc) is 2.57. The van der Waals surface area contributed by atoms with E-state index in [1.807, 2.05) is 0 Å². The van der Waals surface area contributed by atoms with Crippen LogP contribution in [0.2, 0.25) is 5.02 Å². The van der Waals surface area contributed by atoms with Gasteiger partial charge >= 0.3 is 0 Å². The van der Waals surface area contributed by atoms with Crippen molar-refractivity contribution in [3.63, 3.8) is 0 Å². The molecule has 0 saturated carbocycles. The number of carbonyl (C=O) groups excluding carboxylic acids is 1. The second-order valence-corrected chi connectivity index (χ2v) is 7.87. The van der Waals surface area contributed by atoms with E-state index in [9.17, 15) is 15.0 Å². The SMILES string of the molecule is CC1(C)Oc2ccc(Cl)cc2[C@@H](N2CCN(CC(O)CO)CC2=O)[C@@H]1O. The van der Waals surface area contributed by atoms with E-state index in [4.69, 9.17) is 21.4 Å². The van der Waals surface area contributed by atoms with E-state index in [1.165, 1.54) is 0 Å². The van der Waals surface area contributed by atoms with Crippen LogP contribution < -0.4 is 4.74 Å². The van der Waals surface area contributed by atoms with Crippen LogP contribution in [-0.2, 0) is 4.79 Å². The molecule has 1 unspecified atom stereocenters. The molecule has 144 valence electrons. The summed E-state index contributed by atoms with van der Waals surface area (Å²) < 4.78 is 5.91. The number of benzene rings is 1. The Morgan fingerprint density at radius 3 is 2.77 bits per heavy atom. The predicted molar refractivity (Wildman–Crippen MR) is 96.2 cm³/mol. The summed E-state index contributed by atoms with van der Waals surface area (Å²) in [6.45, 7) is 4.55. The molecule has 3 rings (SSSR count). The molecule has 0 spiro atoms. The van der Waals surface area contributed by atoms with Crippen molar-refractivity contribution in [1.82, 2.24) is 9.80 Å². The number of carbonyl (C=O) groups is 1. The van der Waals surface area contributed by atoms with E-state index in [0.717, 1.165) is 0 Å². The summed E-state index contributed by atoms with van der Waals surface area (Å²) in [7, 11) is 0. The Hall–Kier alpha value is -1.38. The molecule has 3 atom stereocenters. The van der Waals surface area contributed by atoms with Crippen molar-refractivity contribution in [3.8, 4) is 5.75 Å². The first-order valence-corrected chi connectivity index (χ1v) is 9.08. The minimum Gasteiger partial charge on any atom is -0.485 e. The van der Waals surface area contributed by atoms with Crippen molar-refractivity contribution in [2.24, 2.45) is 0 Å². The van der Waals surface area contributed by atoms with Gasteiger partial charge in [0.2, 0.25) is 5.91 Å². The van der Waals surface area contributed by atoms with Crippen molar-refractivity contribution in [2.45, 2.75) is 37.7 Å². The molecule has 1 aromatic rings. The van der Waals surface area contributed by atoms with Gasteiger partial charge in [0.05, 0.1) is 25.3 Å². The maximum absolute atomic E-state index is 12.8. The number of fused-ring (bicyclic) bond motifs is 1. The first kappa shape index (κ1) is 19.4. The van der Waals surface area contributed by atoms with Gasteiger partial charge in [0.1, 0.15) is 17.5 Å². The highest BCUT2D eigenvalue weighted by molar-refractivity contribution is 6.30. The molecule has 1 aromatic carbocycles. The van der Waals surface area contributed by atoms with Crippen molar-refractivity contribution in [3.05, 3.63) is 28.8 Å². The van der Waals surface area contributed by atoms with Gasteiger partial charge in [-0.05, 0) is 32.0 Å². The Bertz CT molecular complexity index is 684. The van der Waals surface area contributed by atoms with Gasteiger partial charge in [0.25, 0.3) is 0 Å². The Morgan fingerprint density at radius 1 is 1.38 bits per heavy atom. The minimum absolute atomic E-state index is 0.122. The molecule has 3 N–H and O–H groups in total. The summed E-state index contributed by atoms with van der Waals surface area (Å²) >= 11 is 6.13. The van der Waals surface area contributed by atoms with Crippen LogP contribution in [-0.4, -0.2) is 81.6 Å². The summed E-state index contributed by atoms with van der Waals surface area (Å²) in [6.07, 6.45) is -1.78. The highest BCUT2D eigenvalue weighted by Gasteiger charge is 2.47. The molecule has 2 aliphatic rings. The van der Waals surface area contributed by atoms with Gasteiger partial charge in [0, 0.05) is 30.2 Å². The van der Waals surface area contributed by atoms with Crippen LogP contribution in [0.25, 0.3) is 0 Å². The van der Waals surface area contributed by atoms with Crippen LogP contribution in [0.3, 0.4) is 0 Å². The standard InChI is InChI=1S/C18H25ClN2O5/c1-18(2)17(25)16(13-7-11(19)3-4-14(13)26-18)21-6-5-20(9-15(21)24)8-12(23)10-22/h3-4,7,12,16-17,22-23,25H,5-6,8-10H2,1-2H3/t12?,16-,17+/m1/s1. The quantitative estimate of drug-likeness (QED) is 0.696. The monoisotopic (exact) mass is 384 g/mol. The molecule has 2 aliphatic heterocycles. The summed E-state index contributed by atoms with van der Waals surface area (Å²) in [5.74, 6) is 0.467. The number of amides is 1. The molecule has 0 radical (unpaired) electrons. The second-order valence-electron chi connectivity index (χ2n) is 7.44. The van der Waals surface area contributed by atoms with Crippen LogP contribution in [0, 0.1) is 0 Å². The number of ether oxygens (including phenoxy) is 1. The van der Waals surface area contributed by atoms with Crippen molar-refractivity contribution in [2.75, 3.05) is 32.8 Å². The van der Waals surface area contributed by atoms with Crippen molar-refractivity contribution in [1.29, 1.82) is 0 Å². The predicted octanol–water partition coefficient (Wildman–Crippen LogP) is 0.410. The number of halogens is 1. The maximum atomic E-state index is 12.8. The molecule has 1 saturated heterocycles. The van der Waals surface area contributed by atoms with Crippen molar-refractivity contribution >= 4 is 17.5 Å². The molecule has 0 bridgehead atoms. The fourth-order valence-electron chi connectivity index (χ4n) is 3.62. The molecule has 7 nitrogen and oxygen atoms in total. The maximum Gasteiger partial charge on any atom is 0.237 e. The highest BCUT2D eigenvalue weighted by Crippen LogP contribution is 2.44. The van der Waals surface area contributed by atoms with Gasteiger partial charge in [-0.3, -0.25) is 9.69 Å². The number of aliphatic hydroxyl groups is 3. The zero-order valence-corrected chi connectivity index (χ0v) is 15.7. The minimum atomic E-state index is -0.910. The van der Waals surface area contributed by atoms with E-state index in [-0.39, 0.29) is 25.6 Å². The van der Waals surface area contributed by atoms with E-state index >= 15 is 0 Å². The molecular formula is C18H25ClN2O5. The third-order valence-corrected chi connectivity index (χ3v) is 5.26. The molecule has 8 heteroatoms. The molecule has 1 fully saturated rings. The fourth-order valence-corrected chi connectivity index (χ4v) is 3.80. The Labute approximate surface area is 157 Å². The van der Waals surface area contributed by atoms with Gasteiger partial charge in [-0.1, -0.05) is 11.6 Å². The molecule has 26 heavy (non-hydrogen) atoms. The smallest absolute Gasteiger partial charge is 0.237 e. The van der Waals surface area contributed by atoms with Gasteiger partial charge in [-0.2, -0.15) is 0 Å². The molecule has 0 aromatic heterocycles. The summed E-state index contributed by atoms with van der Waals surface area (Å²) in [5, 5.41) is 30.0. The summed E-state index contributed by atoms with van der Waals surface area (Å²) in [5.41, 5.74) is -0.155. The van der Waals surface area contributed by atoms with Gasteiger partial charge in [0.15, 0.2) is 0 Å². The Morgan fingerprint density at radius 2 is 2.12 bits per heavy atom. The molecule has 0 aliphatic carbocycles. The lowest BCUT2D eigenvalue weighted by atomic mass is 9.85. The Balaban J connectivity index is 1.86. The largest absolute Gasteiger partial charge is 0.485 e. The van der Waals surface area contributed by atoms with E-state index < -0.39 is 23.9 Å². The summed E-state index contributed by atoms with van der Waals surface area (Å²) in [6, 6.07) is 4.66. The molecule has 1 amide bonds. The molecule has 2 heterocycles. The van der Waals surface area contributed by atoms with Crippen LogP contribution in [0.1, 0.15) is 25.5 Å². The fraction of sp³-hybridized carbons (Fsp3) is 0.611. The normalized spacial score (nSPS) is 27.0. The van der Waals surface area contributed by atoms with Crippen molar-refractivity contribution < 1.29 is 24.9 Å². The van der Waals surface area contributed by atoms with Crippen LogP contribution in [0.15, 0.2) is 18.2 Å². The van der Waals surface area contributed by atoms with Gasteiger partial charge in [-0.15, -0.1) is 0 Å². The van der Waals surface area contributed by atoms with Crippen LogP contribution in [0.5, 0.6) is 5.75 Å². The highest BCUT2D eigenvalue weighted by atomic mass is 35.5. The summed E-state index contributed by atoms with van der Waals surface area (Å²) in [4.78, 5) is 16.2. The second kappa shape index (κ2) is 7.32. The van der Waals surface area contributed by atoms with Crippen LogP contribution in [0.4, 0.5) is 0 Å². The third kappa shape index (κ3) is 3.68. The first-order valence-electron chi connectivity index (χ1n) is 8.70. The van der Waals surface area contributed by atoms with E-state index in [1.54, 1.807) is 41.8 Å². The van der Waals surface area contributed by atoms with Crippen LogP contribution >= 0.6 is 11.6 Å². The lowest BCUT2D eigenvalue weighted by molar-refractivity contribution is -0.151. The zero-order valence-electron chi connectivity index (χ0n) is 14.9. The third-order valence-electron chi connectivity index (χ3n) is 5.03. The number of aliphatic hydroxyl groups excluding tert-OH is 3. The Kier molecular flexibility index (Phi) is 5.46. The number of nitrogens with zero attached hydrogens (tertiary/aromatic N) is 2. The first-order chi connectivity index (χ1) is 12.2. The number of β-amino-alcohol motifs (C(OH)–C–C–N with tert-alkyl or cyclic N) is 1. The average molecular weight is 385 g/mol.